The van der Waals surface area contributed by atoms with Crippen molar-refractivity contribution in [3.63, 3.8) is 0 Å². The van der Waals surface area contributed by atoms with Crippen LogP contribution in [-0.4, -0.2) is 41.9 Å². The molecule has 6 heteroatoms. The smallest absolute Gasteiger partial charge is 0.315 e. The molecule has 144 valence electrons. The number of carbonyl (C=O) groups excluding carboxylic acids is 1. The molecule has 2 amide bonds. The maximum atomic E-state index is 12.1. The normalized spacial score (nSPS) is 19.6. The summed E-state index contributed by atoms with van der Waals surface area (Å²) in [5.41, 5.74) is 1.03. The number of hydrogen-bond acceptors (Lipinski definition) is 4. The number of urea groups is 1. The number of nitrogens with one attached hydrogen (secondary N) is 2. The first-order chi connectivity index (χ1) is 12.4. The zero-order chi connectivity index (χ0) is 18.6. The third kappa shape index (κ3) is 5.08. The fraction of sp³-hybridized carbons (Fsp3) is 0.750. The van der Waals surface area contributed by atoms with E-state index in [0.717, 1.165) is 44.0 Å². The summed E-state index contributed by atoms with van der Waals surface area (Å²) in [4.78, 5) is 14.3. The highest BCUT2D eigenvalue weighted by Gasteiger charge is 2.29. The molecular formula is C20H33N5O. The van der Waals surface area contributed by atoms with Crippen LogP contribution < -0.4 is 15.5 Å². The Labute approximate surface area is 157 Å². The molecule has 6 nitrogen and oxygen atoms in total. The average molecular weight is 360 g/mol. The van der Waals surface area contributed by atoms with Gasteiger partial charge in [-0.25, -0.2) is 4.79 Å². The number of amides is 2. The zero-order valence-corrected chi connectivity index (χ0v) is 16.4. The number of anilines is 1. The fourth-order valence-electron chi connectivity index (χ4n) is 3.68. The van der Waals surface area contributed by atoms with Crippen molar-refractivity contribution in [2.24, 2.45) is 5.92 Å². The molecule has 1 aliphatic heterocycles. The molecule has 0 aromatic carbocycles. The van der Waals surface area contributed by atoms with Crippen LogP contribution >= 0.6 is 0 Å². The minimum absolute atomic E-state index is 0.00956. The highest BCUT2D eigenvalue weighted by molar-refractivity contribution is 5.74. The lowest BCUT2D eigenvalue weighted by Crippen LogP contribution is -2.53. The lowest BCUT2D eigenvalue weighted by atomic mass is 9.92. The maximum absolute atomic E-state index is 12.1. The standard InChI is InChI=1S/C20H33N5O/c1-20(2,3)17-10-11-18(24-23-17)25-13-15(14-25)12-21-19(26)22-16-8-6-4-5-7-9-16/h10-11,15-16H,4-9,12-14H2,1-3H3,(H2,21,22,26). The first-order valence-electron chi connectivity index (χ1n) is 10.1. The van der Waals surface area contributed by atoms with Gasteiger partial charge in [0.1, 0.15) is 0 Å². The molecule has 2 heterocycles. The Balaban J connectivity index is 1.36. The van der Waals surface area contributed by atoms with Gasteiger partial charge < -0.3 is 15.5 Å². The van der Waals surface area contributed by atoms with Crippen molar-refractivity contribution in [3.8, 4) is 0 Å². The fourth-order valence-corrected chi connectivity index (χ4v) is 3.68. The Kier molecular flexibility index (Phi) is 5.99. The third-order valence-corrected chi connectivity index (χ3v) is 5.44. The first kappa shape index (κ1) is 18.9. The Hall–Kier alpha value is -1.85. The number of aromatic nitrogens is 2. The van der Waals surface area contributed by atoms with Gasteiger partial charge in [0.25, 0.3) is 0 Å². The Morgan fingerprint density at radius 1 is 1.12 bits per heavy atom. The van der Waals surface area contributed by atoms with E-state index in [1.54, 1.807) is 0 Å². The lowest BCUT2D eigenvalue weighted by Gasteiger charge is -2.40. The van der Waals surface area contributed by atoms with Crippen LogP contribution in [0, 0.1) is 5.92 Å². The molecule has 0 unspecified atom stereocenters. The molecule has 26 heavy (non-hydrogen) atoms. The van der Waals surface area contributed by atoms with Crippen molar-refractivity contribution in [2.75, 3.05) is 24.5 Å². The van der Waals surface area contributed by atoms with E-state index in [1.165, 1.54) is 25.7 Å². The van der Waals surface area contributed by atoms with Crippen molar-refractivity contribution in [3.05, 3.63) is 17.8 Å². The number of carbonyl (C=O) groups is 1. The first-order valence-corrected chi connectivity index (χ1v) is 10.1. The predicted molar refractivity (Wildman–Crippen MR) is 104 cm³/mol. The van der Waals surface area contributed by atoms with Gasteiger partial charge in [-0.1, -0.05) is 46.5 Å². The summed E-state index contributed by atoms with van der Waals surface area (Å²) in [5, 5.41) is 14.9. The summed E-state index contributed by atoms with van der Waals surface area (Å²) in [6.07, 6.45) is 7.31. The van der Waals surface area contributed by atoms with E-state index in [-0.39, 0.29) is 11.4 Å². The van der Waals surface area contributed by atoms with Gasteiger partial charge >= 0.3 is 6.03 Å². The molecule has 1 aromatic rings. The highest BCUT2D eigenvalue weighted by atomic mass is 16.2. The molecule has 1 aliphatic carbocycles. The van der Waals surface area contributed by atoms with Gasteiger partial charge in [0.05, 0.1) is 5.69 Å². The second kappa shape index (κ2) is 8.23. The van der Waals surface area contributed by atoms with Gasteiger partial charge in [0, 0.05) is 37.0 Å². The van der Waals surface area contributed by atoms with Gasteiger partial charge in [-0.2, -0.15) is 5.10 Å². The van der Waals surface area contributed by atoms with Gasteiger partial charge in [0.2, 0.25) is 0 Å². The van der Waals surface area contributed by atoms with Crippen LogP contribution in [0.3, 0.4) is 0 Å². The van der Waals surface area contributed by atoms with E-state index >= 15 is 0 Å². The lowest BCUT2D eigenvalue weighted by molar-refractivity contribution is 0.232. The van der Waals surface area contributed by atoms with Gasteiger partial charge in [-0.15, -0.1) is 5.10 Å². The summed E-state index contributed by atoms with van der Waals surface area (Å²) in [7, 11) is 0. The molecule has 0 spiro atoms. The summed E-state index contributed by atoms with van der Waals surface area (Å²) in [6.45, 7) is 9.00. The summed E-state index contributed by atoms with van der Waals surface area (Å²) in [5.74, 6) is 1.41. The SMILES string of the molecule is CC(C)(C)c1ccc(N2CC(CNC(=O)NC3CCCCCC3)C2)nn1. The van der Waals surface area contributed by atoms with Crippen molar-refractivity contribution in [1.82, 2.24) is 20.8 Å². The minimum Gasteiger partial charge on any atom is -0.354 e. The molecule has 0 bridgehead atoms. The largest absolute Gasteiger partial charge is 0.354 e. The second-order valence-electron chi connectivity index (χ2n) is 8.84. The predicted octanol–water partition coefficient (Wildman–Crippen LogP) is 3.23. The van der Waals surface area contributed by atoms with E-state index in [0.29, 0.717) is 12.0 Å². The van der Waals surface area contributed by atoms with Gasteiger partial charge in [-0.05, 0) is 25.0 Å². The molecule has 3 rings (SSSR count). The Morgan fingerprint density at radius 3 is 2.38 bits per heavy atom. The molecule has 2 aliphatic rings. The van der Waals surface area contributed by atoms with Gasteiger partial charge in [-0.3, -0.25) is 0 Å². The van der Waals surface area contributed by atoms with Crippen LogP contribution in [0.4, 0.5) is 10.6 Å². The van der Waals surface area contributed by atoms with E-state index in [9.17, 15) is 4.79 Å². The summed E-state index contributed by atoms with van der Waals surface area (Å²) in [6, 6.07) is 4.46. The number of hydrogen-bond donors (Lipinski definition) is 2. The van der Waals surface area contributed by atoms with E-state index in [4.69, 9.17) is 0 Å². The zero-order valence-electron chi connectivity index (χ0n) is 16.4. The van der Waals surface area contributed by atoms with Crippen LogP contribution in [0.25, 0.3) is 0 Å². The van der Waals surface area contributed by atoms with Crippen LogP contribution in [0.1, 0.15) is 65.0 Å². The van der Waals surface area contributed by atoms with Crippen molar-refractivity contribution < 1.29 is 4.79 Å². The Morgan fingerprint density at radius 2 is 1.81 bits per heavy atom. The monoisotopic (exact) mass is 359 g/mol. The maximum Gasteiger partial charge on any atom is 0.315 e. The van der Waals surface area contributed by atoms with Crippen LogP contribution in [0.5, 0.6) is 0 Å². The van der Waals surface area contributed by atoms with Crippen LogP contribution in [0.15, 0.2) is 12.1 Å². The molecule has 1 saturated heterocycles. The minimum atomic E-state index is -0.00956. The van der Waals surface area contributed by atoms with E-state index < -0.39 is 0 Å². The highest BCUT2D eigenvalue weighted by Crippen LogP contribution is 2.24. The van der Waals surface area contributed by atoms with Crippen LogP contribution in [-0.2, 0) is 5.41 Å². The van der Waals surface area contributed by atoms with Gasteiger partial charge in [0.15, 0.2) is 5.82 Å². The van der Waals surface area contributed by atoms with Crippen molar-refractivity contribution in [2.45, 2.75) is 70.8 Å². The molecule has 0 radical (unpaired) electrons. The molecule has 1 saturated carbocycles. The van der Waals surface area contributed by atoms with Crippen molar-refractivity contribution >= 4 is 11.8 Å². The summed E-state index contributed by atoms with van der Waals surface area (Å²) >= 11 is 0. The molecule has 1 aromatic heterocycles. The second-order valence-corrected chi connectivity index (χ2v) is 8.84. The average Bonchev–Trinajstić information content (AvgIpc) is 2.81. The summed E-state index contributed by atoms with van der Waals surface area (Å²) < 4.78 is 0. The number of rotatable bonds is 4. The van der Waals surface area contributed by atoms with Crippen LogP contribution in [0.2, 0.25) is 0 Å². The van der Waals surface area contributed by atoms with E-state index in [2.05, 4.69) is 58.6 Å². The third-order valence-electron chi connectivity index (χ3n) is 5.44. The number of nitrogens with zero attached hydrogens (tertiary/aromatic N) is 3. The Bertz CT molecular complexity index is 581. The topological polar surface area (TPSA) is 70.2 Å². The molecular weight excluding hydrogens is 326 g/mol. The quantitative estimate of drug-likeness (QED) is 0.810. The molecule has 2 fully saturated rings. The molecule has 2 N–H and O–H groups in total. The van der Waals surface area contributed by atoms with E-state index in [1.807, 2.05) is 0 Å². The molecule has 0 atom stereocenters. The van der Waals surface area contributed by atoms with Crippen molar-refractivity contribution in [1.29, 1.82) is 0 Å².